The number of carbonyl (C=O) groups is 1. The van der Waals surface area contributed by atoms with Gasteiger partial charge < -0.3 is 24.3 Å². The van der Waals surface area contributed by atoms with Gasteiger partial charge in [-0.25, -0.2) is 14.8 Å². The van der Waals surface area contributed by atoms with Crippen molar-refractivity contribution in [3.05, 3.63) is 28.8 Å². The van der Waals surface area contributed by atoms with Crippen LogP contribution in [0.2, 0.25) is 0 Å². The molecule has 2 aromatic rings. The van der Waals surface area contributed by atoms with Gasteiger partial charge in [0.25, 0.3) is 0 Å². The lowest BCUT2D eigenvalue weighted by Crippen LogP contribution is -2.44. The van der Waals surface area contributed by atoms with E-state index in [1.165, 1.54) is 7.11 Å². The molecule has 1 N–H and O–H groups in total. The summed E-state index contributed by atoms with van der Waals surface area (Å²) in [6, 6.07) is 3.82. The largest absolute Gasteiger partial charge is 0.465 e. The number of methoxy groups -OCH3 is 1. The van der Waals surface area contributed by atoms with Gasteiger partial charge in [0.1, 0.15) is 40.4 Å². The monoisotopic (exact) mass is 370 g/mol. The van der Waals surface area contributed by atoms with Crippen LogP contribution in [-0.2, 0) is 4.74 Å². The minimum Gasteiger partial charge on any atom is -0.465 e. The number of nitrogens with zero attached hydrogens (tertiary/aromatic N) is 5. The van der Waals surface area contributed by atoms with Crippen molar-refractivity contribution in [3.63, 3.8) is 0 Å². The van der Waals surface area contributed by atoms with Gasteiger partial charge in [0, 0.05) is 32.2 Å². The number of carbonyl (C=O) groups excluding carboxylic acids is 1. The van der Waals surface area contributed by atoms with E-state index < -0.39 is 5.97 Å². The number of furan rings is 1. The molecule has 3 rings (SSSR count). The van der Waals surface area contributed by atoms with Crippen LogP contribution in [0.3, 0.4) is 0 Å². The molecule has 27 heavy (non-hydrogen) atoms. The molecule has 0 radical (unpaired) electrons. The zero-order valence-corrected chi connectivity index (χ0v) is 15.9. The Morgan fingerprint density at radius 1 is 1.30 bits per heavy atom. The van der Waals surface area contributed by atoms with Gasteiger partial charge in [-0.05, 0) is 20.9 Å². The fourth-order valence-electron chi connectivity index (χ4n) is 3.02. The first-order valence-corrected chi connectivity index (χ1v) is 8.61. The Morgan fingerprint density at radius 2 is 2.00 bits per heavy atom. The molecule has 0 spiro atoms. The van der Waals surface area contributed by atoms with E-state index in [1.807, 2.05) is 19.1 Å². The van der Waals surface area contributed by atoms with Crippen LogP contribution in [0.5, 0.6) is 0 Å². The highest BCUT2D eigenvalue weighted by Gasteiger charge is 2.25. The van der Waals surface area contributed by atoms with Crippen molar-refractivity contribution in [2.45, 2.75) is 13.8 Å². The standard InChI is InChI=1S/C18H22N6O3/c1-11-16(18(25)26-4)13(10-19)17(27-11)22-14-9-15(21-12(2)20-14)24-7-5-23(3)6-8-24/h9H,5-8H2,1-4H3,(H,20,21,22). The van der Waals surface area contributed by atoms with E-state index in [2.05, 4.69) is 32.1 Å². The molecule has 1 aliphatic heterocycles. The van der Waals surface area contributed by atoms with E-state index in [4.69, 9.17) is 9.15 Å². The molecular weight excluding hydrogens is 348 g/mol. The van der Waals surface area contributed by atoms with Gasteiger partial charge in [0.15, 0.2) is 0 Å². The third-order valence-electron chi connectivity index (χ3n) is 4.48. The molecular formula is C18H22N6O3. The summed E-state index contributed by atoms with van der Waals surface area (Å²) >= 11 is 0. The van der Waals surface area contributed by atoms with Gasteiger partial charge in [0.2, 0.25) is 5.88 Å². The van der Waals surface area contributed by atoms with Crippen LogP contribution in [0, 0.1) is 25.2 Å². The van der Waals surface area contributed by atoms with Gasteiger partial charge >= 0.3 is 5.97 Å². The SMILES string of the molecule is COC(=O)c1c(C)oc(Nc2cc(N3CCN(C)CC3)nc(C)n2)c1C#N. The predicted octanol–water partition coefficient (Wildman–Crippen LogP) is 1.84. The van der Waals surface area contributed by atoms with Gasteiger partial charge in [-0.2, -0.15) is 5.26 Å². The molecule has 142 valence electrons. The molecule has 0 saturated carbocycles. The van der Waals surface area contributed by atoms with Gasteiger partial charge in [0.05, 0.1) is 7.11 Å². The Morgan fingerprint density at radius 3 is 2.63 bits per heavy atom. The van der Waals surface area contributed by atoms with Crippen molar-refractivity contribution in [3.8, 4) is 6.07 Å². The Hall–Kier alpha value is -3.12. The lowest BCUT2D eigenvalue weighted by molar-refractivity contribution is 0.0598. The van der Waals surface area contributed by atoms with E-state index in [-0.39, 0.29) is 17.0 Å². The average molecular weight is 370 g/mol. The number of aryl methyl sites for hydroxylation is 2. The summed E-state index contributed by atoms with van der Waals surface area (Å²) in [4.78, 5) is 25.3. The molecule has 1 aliphatic rings. The summed E-state index contributed by atoms with van der Waals surface area (Å²) in [7, 11) is 3.36. The Kier molecular flexibility index (Phi) is 5.28. The summed E-state index contributed by atoms with van der Waals surface area (Å²) < 4.78 is 10.3. The number of ether oxygens (including phenoxy) is 1. The normalized spacial score (nSPS) is 14.7. The minimum atomic E-state index is -0.613. The second kappa shape index (κ2) is 7.63. The summed E-state index contributed by atoms with van der Waals surface area (Å²) in [6.07, 6.45) is 0. The second-order valence-electron chi connectivity index (χ2n) is 6.41. The number of hydrogen-bond donors (Lipinski definition) is 1. The molecule has 0 unspecified atom stereocenters. The van der Waals surface area contributed by atoms with Crippen LogP contribution in [0.25, 0.3) is 0 Å². The van der Waals surface area contributed by atoms with E-state index in [0.717, 1.165) is 32.0 Å². The summed E-state index contributed by atoms with van der Waals surface area (Å²) in [5.74, 6) is 1.77. The maximum absolute atomic E-state index is 11.9. The number of piperazine rings is 1. The third kappa shape index (κ3) is 3.85. The number of esters is 1. The second-order valence-corrected chi connectivity index (χ2v) is 6.41. The molecule has 0 amide bonds. The van der Waals surface area contributed by atoms with Crippen molar-refractivity contribution in [1.29, 1.82) is 5.26 Å². The van der Waals surface area contributed by atoms with Crippen molar-refractivity contribution >= 4 is 23.5 Å². The molecule has 0 atom stereocenters. The third-order valence-corrected chi connectivity index (χ3v) is 4.48. The lowest BCUT2D eigenvalue weighted by Gasteiger charge is -2.33. The predicted molar refractivity (Wildman–Crippen MR) is 99.3 cm³/mol. The van der Waals surface area contributed by atoms with E-state index in [0.29, 0.717) is 17.4 Å². The Balaban J connectivity index is 1.90. The molecule has 0 bridgehead atoms. The van der Waals surface area contributed by atoms with Crippen LogP contribution >= 0.6 is 0 Å². The van der Waals surface area contributed by atoms with Crippen LogP contribution in [0.15, 0.2) is 10.5 Å². The number of nitriles is 1. The fourth-order valence-corrected chi connectivity index (χ4v) is 3.02. The fraction of sp³-hybridized carbons (Fsp3) is 0.444. The highest BCUT2D eigenvalue weighted by Crippen LogP contribution is 2.30. The molecule has 9 heteroatoms. The van der Waals surface area contributed by atoms with Gasteiger partial charge in [-0.1, -0.05) is 0 Å². The van der Waals surface area contributed by atoms with Crippen LogP contribution < -0.4 is 10.2 Å². The van der Waals surface area contributed by atoms with Crippen LogP contribution in [0.1, 0.15) is 27.5 Å². The lowest BCUT2D eigenvalue weighted by atomic mass is 10.1. The maximum Gasteiger partial charge on any atom is 0.342 e. The number of likely N-dealkylation sites (N-methyl/N-ethyl adjacent to an activating group) is 1. The highest BCUT2D eigenvalue weighted by molar-refractivity contribution is 5.95. The number of aromatic nitrogens is 2. The van der Waals surface area contributed by atoms with Crippen molar-refractivity contribution in [2.24, 2.45) is 0 Å². The molecule has 0 aliphatic carbocycles. The topological polar surface area (TPSA) is 108 Å². The van der Waals surface area contributed by atoms with Crippen LogP contribution in [-0.4, -0.2) is 61.2 Å². The van der Waals surface area contributed by atoms with Gasteiger partial charge in [-0.3, -0.25) is 0 Å². The molecule has 2 aromatic heterocycles. The smallest absolute Gasteiger partial charge is 0.342 e. The molecule has 1 saturated heterocycles. The first-order chi connectivity index (χ1) is 12.9. The van der Waals surface area contributed by atoms with Gasteiger partial charge in [-0.15, -0.1) is 0 Å². The van der Waals surface area contributed by atoms with Crippen LogP contribution in [0.4, 0.5) is 17.5 Å². The summed E-state index contributed by atoms with van der Waals surface area (Å²) in [5, 5.41) is 12.5. The first-order valence-electron chi connectivity index (χ1n) is 8.61. The molecule has 1 fully saturated rings. The van der Waals surface area contributed by atoms with E-state index in [1.54, 1.807) is 6.92 Å². The van der Waals surface area contributed by atoms with Crippen molar-refractivity contribution in [2.75, 3.05) is 50.6 Å². The number of rotatable bonds is 4. The average Bonchev–Trinajstić information content (AvgIpc) is 2.96. The number of anilines is 3. The van der Waals surface area contributed by atoms with Crippen molar-refractivity contribution < 1.29 is 13.9 Å². The zero-order chi connectivity index (χ0) is 19.6. The molecule has 0 aromatic carbocycles. The quantitative estimate of drug-likeness (QED) is 0.806. The zero-order valence-electron chi connectivity index (χ0n) is 15.9. The molecule has 3 heterocycles. The summed E-state index contributed by atoms with van der Waals surface area (Å²) in [6.45, 7) is 7.10. The maximum atomic E-state index is 11.9. The number of hydrogen-bond acceptors (Lipinski definition) is 9. The number of nitrogens with one attached hydrogen (secondary N) is 1. The van der Waals surface area contributed by atoms with E-state index >= 15 is 0 Å². The Bertz CT molecular complexity index is 893. The Labute approximate surface area is 157 Å². The highest BCUT2D eigenvalue weighted by atomic mass is 16.5. The van der Waals surface area contributed by atoms with Crippen molar-refractivity contribution in [1.82, 2.24) is 14.9 Å². The minimum absolute atomic E-state index is 0.0942. The van der Waals surface area contributed by atoms with E-state index in [9.17, 15) is 10.1 Å². The summed E-state index contributed by atoms with van der Waals surface area (Å²) in [5.41, 5.74) is 0.212. The molecule has 9 nitrogen and oxygen atoms in total. The first kappa shape index (κ1) is 18.7.